The van der Waals surface area contributed by atoms with Gasteiger partial charge in [-0.2, -0.15) is 0 Å². The van der Waals surface area contributed by atoms with Crippen LogP contribution >= 0.6 is 0 Å². The number of amides is 1. The molecule has 0 aromatic heterocycles. The Labute approximate surface area is 75.3 Å². The van der Waals surface area contributed by atoms with Crippen LogP contribution in [0.15, 0.2) is 0 Å². The second kappa shape index (κ2) is 7.10. The van der Waals surface area contributed by atoms with Crippen LogP contribution in [0.1, 0.15) is 20.3 Å². The van der Waals surface area contributed by atoms with E-state index in [0.717, 1.165) is 32.6 Å². The van der Waals surface area contributed by atoms with E-state index in [-0.39, 0.29) is 0 Å². The van der Waals surface area contributed by atoms with E-state index in [0.29, 0.717) is 0 Å². The molecule has 0 saturated carbocycles. The number of hydrogen-bond acceptors (Lipinski definition) is 2. The summed E-state index contributed by atoms with van der Waals surface area (Å²) in [5, 5.41) is 0. The molecule has 12 heavy (non-hydrogen) atoms. The largest absolute Gasteiger partial charge is 0.337 e. The number of rotatable bonds is 7. The summed E-state index contributed by atoms with van der Waals surface area (Å²) >= 11 is 0. The molecule has 1 amide bonds. The minimum Gasteiger partial charge on any atom is -0.337 e. The molecule has 0 atom stereocenters. The normalized spacial score (nSPS) is 10.3. The summed E-state index contributed by atoms with van der Waals surface area (Å²) in [4.78, 5) is 14.0. The third-order valence-corrected chi connectivity index (χ3v) is 2.02. The highest BCUT2D eigenvalue weighted by molar-refractivity contribution is 5.47. The van der Waals surface area contributed by atoms with E-state index >= 15 is 0 Å². The minimum atomic E-state index is 0.806. The van der Waals surface area contributed by atoms with E-state index in [4.69, 9.17) is 0 Å². The summed E-state index contributed by atoms with van der Waals surface area (Å²) in [6.07, 6.45) is 2.87. The fraction of sp³-hybridized carbons (Fsp3) is 0.889. The van der Waals surface area contributed by atoms with Gasteiger partial charge in [-0.15, -0.1) is 0 Å². The second-order valence-corrected chi connectivity index (χ2v) is 2.89. The maximum absolute atomic E-state index is 10.1. The van der Waals surface area contributed by atoms with Crippen molar-refractivity contribution in [1.29, 1.82) is 0 Å². The summed E-state index contributed by atoms with van der Waals surface area (Å²) in [5.74, 6) is 0. The first-order valence-corrected chi connectivity index (χ1v) is 4.55. The van der Waals surface area contributed by atoms with Crippen molar-refractivity contribution in [2.24, 2.45) is 0 Å². The maximum atomic E-state index is 10.1. The molecule has 0 saturated heterocycles. The maximum Gasteiger partial charge on any atom is 0.311 e. The van der Waals surface area contributed by atoms with E-state index in [1.165, 1.54) is 0 Å². The van der Waals surface area contributed by atoms with Gasteiger partial charge in [-0.3, -0.25) is 4.79 Å². The van der Waals surface area contributed by atoms with Crippen molar-refractivity contribution in [2.45, 2.75) is 20.3 Å². The molecule has 3 heteroatoms. The minimum absolute atomic E-state index is 0.806. The van der Waals surface area contributed by atoms with Gasteiger partial charge in [0.15, 0.2) is 0 Å². The van der Waals surface area contributed by atoms with Crippen LogP contribution in [-0.4, -0.2) is 49.4 Å². The van der Waals surface area contributed by atoms with E-state index in [1.807, 2.05) is 6.41 Å². The van der Waals surface area contributed by atoms with Gasteiger partial charge in [0.2, 0.25) is 0 Å². The summed E-state index contributed by atoms with van der Waals surface area (Å²) in [5.41, 5.74) is 0. The van der Waals surface area contributed by atoms with Crippen LogP contribution in [-0.2, 0) is 4.79 Å². The highest BCUT2D eigenvalue weighted by atomic mass is 16.1. The molecule has 3 nitrogen and oxygen atoms in total. The van der Waals surface area contributed by atoms with Gasteiger partial charge in [-0.25, -0.2) is 0 Å². The van der Waals surface area contributed by atoms with Crippen LogP contribution in [0, 0.1) is 0 Å². The zero-order valence-electron chi connectivity index (χ0n) is 8.34. The van der Waals surface area contributed by atoms with Crippen LogP contribution in [0.5, 0.6) is 0 Å². The van der Waals surface area contributed by atoms with Crippen molar-refractivity contribution in [3.63, 3.8) is 0 Å². The highest BCUT2D eigenvalue weighted by Gasteiger charge is 1.99. The van der Waals surface area contributed by atoms with Crippen molar-refractivity contribution in [2.75, 3.05) is 33.2 Å². The molecule has 0 N–H and O–H groups in total. The van der Waals surface area contributed by atoms with Crippen molar-refractivity contribution in [3.8, 4) is 0 Å². The van der Waals surface area contributed by atoms with Gasteiger partial charge in [-0.05, 0) is 26.1 Å². The Morgan fingerprint density at radius 2 is 1.75 bits per heavy atom. The molecule has 0 heterocycles. The molecule has 1 radical (unpaired) electrons. The van der Waals surface area contributed by atoms with Gasteiger partial charge in [0.1, 0.15) is 0 Å². The molecular weight excluding hydrogens is 152 g/mol. The van der Waals surface area contributed by atoms with Gasteiger partial charge in [0.25, 0.3) is 0 Å². The average molecular weight is 171 g/mol. The third-order valence-electron chi connectivity index (χ3n) is 2.02. The fourth-order valence-electron chi connectivity index (χ4n) is 1.12. The average Bonchev–Trinajstić information content (AvgIpc) is 2.12. The van der Waals surface area contributed by atoms with Crippen LogP contribution in [0.25, 0.3) is 0 Å². The Hall–Kier alpha value is -0.570. The summed E-state index contributed by atoms with van der Waals surface area (Å²) < 4.78 is 0. The molecule has 0 bridgehead atoms. The van der Waals surface area contributed by atoms with Gasteiger partial charge in [0, 0.05) is 13.6 Å². The zero-order valence-corrected chi connectivity index (χ0v) is 8.34. The molecule has 0 fully saturated rings. The van der Waals surface area contributed by atoms with Crippen molar-refractivity contribution in [1.82, 2.24) is 9.80 Å². The highest BCUT2D eigenvalue weighted by Crippen LogP contribution is 1.91. The third kappa shape index (κ3) is 5.13. The summed E-state index contributed by atoms with van der Waals surface area (Å²) in [6, 6.07) is 0. The first-order chi connectivity index (χ1) is 5.74. The molecule has 0 unspecified atom stereocenters. The van der Waals surface area contributed by atoms with Crippen molar-refractivity contribution in [3.05, 3.63) is 0 Å². The topological polar surface area (TPSA) is 23.6 Å². The van der Waals surface area contributed by atoms with Crippen molar-refractivity contribution < 1.29 is 4.79 Å². The van der Waals surface area contributed by atoms with E-state index in [2.05, 4.69) is 18.7 Å². The predicted octanol–water partition coefficient (Wildman–Crippen LogP) is 0.717. The number of nitrogens with zero attached hydrogens (tertiary/aromatic N) is 2. The van der Waals surface area contributed by atoms with Crippen LogP contribution < -0.4 is 0 Å². The van der Waals surface area contributed by atoms with Gasteiger partial charge in [-0.1, -0.05) is 13.8 Å². The lowest BCUT2D eigenvalue weighted by atomic mass is 10.3. The SMILES string of the molecule is CCN(CC)CCCN(C)[C]=O. The fourth-order valence-corrected chi connectivity index (χ4v) is 1.12. The lowest BCUT2D eigenvalue weighted by molar-refractivity contribution is 0.286. The predicted molar refractivity (Wildman–Crippen MR) is 50.7 cm³/mol. The molecule has 0 spiro atoms. The first kappa shape index (κ1) is 11.4. The van der Waals surface area contributed by atoms with Gasteiger partial charge < -0.3 is 9.80 Å². The Balaban J connectivity index is 3.34. The molecule has 0 aromatic rings. The molecule has 71 valence electrons. The van der Waals surface area contributed by atoms with Gasteiger partial charge >= 0.3 is 6.41 Å². The van der Waals surface area contributed by atoms with E-state index in [1.54, 1.807) is 11.9 Å². The zero-order chi connectivity index (χ0) is 9.40. The van der Waals surface area contributed by atoms with Crippen LogP contribution in [0.4, 0.5) is 0 Å². The van der Waals surface area contributed by atoms with Crippen molar-refractivity contribution >= 4 is 6.41 Å². The first-order valence-electron chi connectivity index (χ1n) is 4.55. The van der Waals surface area contributed by atoms with E-state index in [9.17, 15) is 4.79 Å². The number of hydrogen-bond donors (Lipinski definition) is 0. The Bertz CT molecular complexity index is 113. The van der Waals surface area contributed by atoms with Crippen LogP contribution in [0.2, 0.25) is 0 Å². The summed E-state index contributed by atoms with van der Waals surface area (Å²) in [6.45, 7) is 8.35. The monoisotopic (exact) mass is 171 g/mol. The Morgan fingerprint density at radius 1 is 1.17 bits per heavy atom. The standard InChI is InChI=1S/C9H19N2O/c1-4-11(5-2)8-6-7-10(3)9-12/h4-8H2,1-3H3. The number of carbonyl (C=O) groups excluding carboxylic acids is 1. The second-order valence-electron chi connectivity index (χ2n) is 2.89. The smallest absolute Gasteiger partial charge is 0.311 e. The molecule has 0 rings (SSSR count). The lowest BCUT2D eigenvalue weighted by Crippen LogP contribution is -2.27. The Kier molecular flexibility index (Phi) is 6.76. The molecule has 0 aromatic carbocycles. The van der Waals surface area contributed by atoms with E-state index < -0.39 is 0 Å². The Morgan fingerprint density at radius 3 is 2.17 bits per heavy atom. The molecule has 0 aliphatic carbocycles. The van der Waals surface area contributed by atoms with Gasteiger partial charge in [0.05, 0.1) is 0 Å². The lowest BCUT2D eigenvalue weighted by Gasteiger charge is -2.18. The molecule has 0 aliphatic rings. The molecule has 0 aliphatic heterocycles. The van der Waals surface area contributed by atoms with Crippen LogP contribution in [0.3, 0.4) is 0 Å². The summed E-state index contributed by atoms with van der Waals surface area (Å²) in [7, 11) is 1.76. The molecular formula is C9H19N2O. The quantitative estimate of drug-likeness (QED) is 0.527.